The van der Waals surface area contributed by atoms with Crippen LogP contribution in [-0.2, 0) is 24.3 Å². The van der Waals surface area contributed by atoms with E-state index in [4.69, 9.17) is 4.74 Å². The Morgan fingerprint density at radius 1 is 1.26 bits per heavy atom. The van der Waals surface area contributed by atoms with Gasteiger partial charge in [-0.2, -0.15) is 0 Å². The summed E-state index contributed by atoms with van der Waals surface area (Å²) < 4.78 is 32.5. The van der Waals surface area contributed by atoms with Crippen LogP contribution in [-0.4, -0.2) is 64.5 Å². The lowest BCUT2D eigenvalue weighted by Gasteiger charge is -2.32. The van der Waals surface area contributed by atoms with E-state index in [1.54, 1.807) is 24.3 Å². The van der Waals surface area contributed by atoms with Crippen molar-refractivity contribution >= 4 is 21.8 Å². The fourth-order valence-electron chi connectivity index (χ4n) is 2.76. The van der Waals surface area contributed by atoms with E-state index in [0.29, 0.717) is 12.5 Å². The molecular formula is C18H27N3O5S. The van der Waals surface area contributed by atoms with E-state index in [9.17, 15) is 18.0 Å². The van der Waals surface area contributed by atoms with Gasteiger partial charge in [-0.25, -0.2) is 13.1 Å². The Hall–Kier alpha value is -1.97. The van der Waals surface area contributed by atoms with Gasteiger partial charge in [0.2, 0.25) is 15.9 Å². The van der Waals surface area contributed by atoms with E-state index >= 15 is 0 Å². The van der Waals surface area contributed by atoms with E-state index in [2.05, 4.69) is 10.0 Å². The molecule has 0 aromatic heterocycles. The van der Waals surface area contributed by atoms with Crippen molar-refractivity contribution in [3.63, 3.8) is 0 Å². The highest BCUT2D eigenvalue weighted by atomic mass is 32.2. The summed E-state index contributed by atoms with van der Waals surface area (Å²) >= 11 is 0. The third-order valence-electron chi connectivity index (χ3n) is 4.45. The zero-order valence-corrected chi connectivity index (χ0v) is 16.7. The number of nitrogens with one attached hydrogen (secondary N) is 2. The zero-order chi connectivity index (χ0) is 20.0. The molecule has 0 radical (unpaired) electrons. The normalized spacial score (nSPS) is 17.8. The molecule has 0 saturated carbocycles. The number of carbonyl (C=O) groups is 2. The first kappa shape index (κ1) is 21.3. The molecule has 0 bridgehead atoms. The lowest BCUT2D eigenvalue weighted by atomic mass is 10.0. The molecule has 2 amide bonds. The van der Waals surface area contributed by atoms with Gasteiger partial charge < -0.3 is 15.0 Å². The van der Waals surface area contributed by atoms with E-state index in [1.807, 2.05) is 13.8 Å². The molecule has 150 valence electrons. The third-order valence-corrected chi connectivity index (χ3v) is 5.92. The van der Waals surface area contributed by atoms with Crippen molar-refractivity contribution in [3.05, 3.63) is 29.8 Å². The predicted molar refractivity (Wildman–Crippen MR) is 101 cm³/mol. The quantitative estimate of drug-likeness (QED) is 0.695. The molecule has 1 aliphatic rings. The smallest absolute Gasteiger partial charge is 0.250 e. The van der Waals surface area contributed by atoms with E-state index < -0.39 is 16.1 Å². The summed E-state index contributed by atoms with van der Waals surface area (Å²) in [6, 6.07) is 6.71. The molecule has 8 nitrogen and oxygen atoms in total. The molecule has 2 N–H and O–H groups in total. The fraction of sp³-hybridized carbons (Fsp3) is 0.556. The maximum Gasteiger partial charge on any atom is 0.250 e. The summed E-state index contributed by atoms with van der Waals surface area (Å²) in [6.45, 7) is 4.89. The molecule has 1 aromatic carbocycles. The van der Waals surface area contributed by atoms with Gasteiger partial charge in [-0.3, -0.25) is 9.59 Å². The molecule has 0 aliphatic carbocycles. The first-order valence-corrected chi connectivity index (χ1v) is 10.4. The molecule has 1 aromatic rings. The second-order valence-corrected chi connectivity index (χ2v) is 8.45. The standard InChI is InChI=1S/C18H27N3O5S/c1-13(2)14-4-6-15(7-5-14)27(24,25)20-9-8-17(22)21-10-11-26-16(12-21)18(23)19-3/h4-7,13,16,20H,8-12H2,1-3H3,(H,19,23). The Labute approximate surface area is 160 Å². The average molecular weight is 397 g/mol. The van der Waals surface area contributed by atoms with Crippen LogP contribution in [0.4, 0.5) is 0 Å². The number of morpholine rings is 1. The van der Waals surface area contributed by atoms with Crippen molar-refractivity contribution in [2.24, 2.45) is 0 Å². The highest BCUT2D eigenvalue weighted by molar-refractivity contribution is 7.89. The minimum Gasteiger partial charge on any atom is -0.365 e. The Balaban J connectivity index is 1.87. The molecule has 1 unspecified atom stereocenters. The molecule has 9 heteroatoms. The van der Waals surface area contributed by atoms with Crippen LogP contribution in [0.25, 0.3) is 0 Å². The van der Waals surface area contributed by atoms with Crippen LogP contribution >= 0.6 is 0 Å². The van der Waals surface area contributed by atoms with Crippen LogP contribution in [0.15, 0.2) is 29.2 Å². The Bertz CT molecular complexity index is 762. The van der Waals surface area contributed by atoms with Gasteiger partial charge in [-0.05, 0) is 23.6 Å². The fourth-order valence-corrected chi connectivity index (χ4v) is 3.79. The first-order valence-electron chi connectivity index (χ1n) is 8.95. The lowest BCUT2D eigenvalue weighted by molar-refractivity contribution is -0.146. The molecule has 1 heterocycles. The van der Waals surface area contributed by atoms with Crippen molar-refractivity contribution in [3.8, 4) is 0 Å². The van der Waals surface area contributed by atoms with Gasteiger partial charge in [0.1, 0.15) is 0 Å². The molecule has 1 atom stereocenters. The van der Waals surface area contributed by atoms with Gasteiger partial charge in [0.05, 0.1) is 18.0 Å². The van der Waals surface area contributed by atoms with Crippen LogP contribution in [0.1, 0.15) is 31.7 Å². The third kappa shape index (κ3) is 5.75. The Morgan fingerprint density at radius 2 is 1.93 bits per heavy atom. The maximum absolute atomic E-state index is 12.3. The lowest BCUT2D eigenvalue weighted by Crippen LogP contribution is -2.51. The van der Waals surface area contributed by atoms with Gasteiger partial charge >= 0.3 is 0 Å². The SMILES string of the molecule is CNC(=O)C1CN(C(=O)CCNS(=O)(=O)c2ccc(C(C)C)cc2)CCO1. The summed E-state index contributed by atoms with van der Waals surface area (Å²) in [5, 5.41) is 2.49. The number of ether oxygens (including phenoxy) is 1. The Kier molecular flexibility index (Phi) is 7.34. The van der Waals surface area contributed by atoms with Crippen LogP contribution in [0.3, 0.4) is 0 Å². The van der Waals surface area contributed by atoms with Gasteiger partial charge in [0.25, 0.3) is 5.91 Å². The topological polar surface area (TPSA) is 105 Å². The summed E-state index contributed by atoms with van der Waals surface area (Å²) in [6.07, 6.45) is -0.673. The maximum atomic E-state index is 12.3. The number of carbonyl (C=O) groups excluding carboxylic acids is 2. The van der Waals surface area contributed by atoms with E-state index in [1.165, 1.54) is 11.9 Å². The minimum absolute atomic E-state index is 0.00486. The number of nitrogens with zero attached hydrogens (tertiary/aromatic N) is 1. The molecule has 27 heavy (non-hydrogen) atoms. The monoisotopic (exact) mass is 397 g/mol. The highest BCUT2D eigenvalue weighted by Gasteiger charge is 2.28. The molecule has 1 saturated heterocycles. The van der Waals surface area contributed by atoms with E-state index in [0.717, 1.165) is 5.56 Å². The highest BCUT2D eigenvalue weighted by Crippen LogP contribution is 2.17. The number of amides is 2. The molecular weight excluding hydrogens is 370 g/mol. The predicted octanol–water partition coefficient (Wildman–Crippen LogP) is 0.452. The summed E-state index contributed by atoms with van der Waals surface area (Å²) in [7, 11) is -2.16. The Morgan fingerprint density at radius 3 is 2.52 bits per heavy atom. The zero-order valence-electron chi connectivity index (χ0n) is 15.9. The summed E-state index contributed by atoms with van der Waals surface area (Å²) in [5.41, 5.74) is 1.06. The van der Waals surface area contributed by atoms with Crippen molar-refractivity contribution in [1.29, 1.82) is 0 Å². The molecule has 2 rings (SSSR count). The van der Waals surface area contributed by atoms with Gasteiger partial charge in [0, 0.05) is 26.6 Å². The largest absolute Gasteiger partial charge is 0.365 e. The van der Waals surface area contributed by atoms with Crippen molar-refractivity contribution in [2.75, 3.05) is 33.3 Å². The minimum atomic E-state index is -3.67. The molecule has 0 spiro atoms. The van der Waals surface area contributed by atoms with Crippen molar-refractivity contribution < 1.29 is 22.7 Å². The second kappa shape index (κ2) is 9.29. The number of hydrogen-bond donors (Lipinski definition) is 2. The van der Waals surface area contributed by atoms with E-state index in [-0.39, 0.29) is 42.8 Å². The summed E-state index contributed by atoms with van der Waals surface area (Å²) in [5.74, 6) is -0.178. The molecule has 1 fully saturated rings. The summed E-state index contributed by atoms with van der Waals surface area (Å²) in [4.78, 5) is 25.6. The van der Waals surface area contributed by atoms with Crippen LogP contribution in [0.5, 0.6) is 0 Å². The van der Waals surface area contributed by atoms with Crippen LogP contribution < -0.4 is 10.0 Å². The second-order valence-electron chi connectivity index (χ2n) is 6.68. The number of benzene rings is 1. The van der Waals surface area contributed by atoms with Crippen molar-refractivity contribution in [1.82, 2.24) is 14.9 Å². The average Bonchev–Trinajstić information content (AvgIpc) is 2.67. The number of sulfonamides is 1. The van der Waals surface area contributed by atoms with Gasteiger partial charge in [-0.15, -0.1) is 0 Å². The van der Waals surface area contributed by atoms with Crippen LogP contribution in [0, 0.1) is 0 Å². The first-order chi connectivity index (χ1) is 12.7. The number of rotatable bonds is 7. The molecule has 1 aliphatic heterocycles. The number of hydrogen-bond acceptors (Lipinski definition) is 5. The number of likely N-dealkylation sites (N-methyl/N-ethyl adjacent to an activating group) is 1. The van der Waals surface area contributed by atoms with Crippen LogP contribution in [0.2, 0.25) is 0 Å². The van der Waals surface area contributed by atoms with Gasteiger partial charge in [0.15, 0.2) is 6.10 Å². The van der Waals surface area contributed by atoms with Gasteiger partial charge in [-0.1, -0.05) is 26.0 Å². The van der Waals surface area contributed by atoms with Crippen molar-refractivity contribution in [2.45, 2.75) is 37.2 Å².